The van der Waals surface area contributed by atoms with Gasteiger partial charge < -0.3 is 9.14 Å². The number of hydrogen-bond acceptors (Lipinski definition) is 2. The molecule has 0 N–H and O–H groups in total. The smallest absolute Gasteiger partial charge is 0.378 e. The van der Waals surface area contributed by atoms with Crippen molar-refractivity contribution < 1.29 is 13.9 Å². The van der Waals surface area contributed by atoms with Crippen LogP contribution in [0.1, 0.15) is 11.1 Å². The minimum absolute atomic E-state index is 0.707. The molecule has 6 heteroatoms. The van der Waals surface area contributed by atoms with Gasteiger partial charge in [0.2, 0.25) is 5.52 Å². The first kappa shape index (κ1) is 24.0. The summed E-state index contributed by atoms with van der Waals surface area (Å²) >= 11 is 1.88. The summed E-state index contributed by atoms with van der Waals surface area (Å²) in [7, 11) is 0. The Morgan fingerprint density at radius 1 is 0.551 bits per heavy atom. The van der Waals surface area contributed by atoms with Crippen molar-refractivity contribution >= 4 is 91.5 Å². The Bertz CT molecular complexity index is 3440. The van der Waals surface area contributed by atoms with Crippen molar-refractivity contribution in [1.29, 1.82) is 0 Å². The molecule has 11 aromatic rings. The number of rotatable bonds is 0. The van der Waals surface area contributed by atoms with Gasteiger partial charge in [0, 0.05) is 47.8 Å². The zero-order valence-electron chi connectivity index (χ0n) is 25.8. The van der Waals surface area contributed by atoms with E-state index in [1.807, 2.05) is 11.3 Å². The van der Waals surface area contributed by atoms with Gasteiger partial charge in [-0.25, -0.2) is 0 Å². The predicted octanol–water partition coefficient (Wildman–Crippen LogP) is 9.47. The fourth-order valence-corrected chi connectivity index (χ4v) is 11.1. The Morgan fingerprint density at radius 2 is 1.35 bits per heavy atom. The molecule has 14 rings (SSSR count). The van der Waals surface area contributed by atoms with Gasteiger partial charge in [0.1, 0.15) is 16.6 Å². The van der Waals surface area contributed by atoms with E-state index in [-0.39, 0.29) is 0 Å². The van der Waals surface area contributed by atoms with Gasteiger partial charge in [-0.3, -0.25) is 0 Å². The number of thiophene rings is 1. The topological polar surface area (TPSA) is 26.3 Å². The third-order valence-electron chi connectivity index (χ3n) is 11.7. The van der Waals surface area contributed by atoms with E-state index >= 15 is 0 Å². The highest BCUT2D eigenvalue weighted by Gasteiger charge is 2.68. The second kappa shape index (κ2) is 7.57. The lowest BCUT2D eigenvalue weighted by Crippen LogP contribution is -2.76. The van der Waals surface area contributed by atoms with Gasteiger partial charge in [0.15, 0.2) is 16.8 Å². The number of para-hydroxylation sites is 2. The van der Waals surface area contributed by atoms with Gasteiger partial charge in [-0.15, -0.1) is 15.9 Å². The molecule has 0 saturated heterocycles. The van der Waals surface area contributed by atoms with Crippen LogP contribution in [0.2, 0.25) is 0 Å². The lowest BCUT2D eigenvalue weighted by Gasteiger charge is -2.33. The summed E-state index contributed by atoms with van der Waals surface area (Å²) in [6.45, 7) is 0. The second-order valence-corrected chi connectivity index (χ2v) is 14.8. The van der Waals surface area contributed by atoms with Gasteiger partial charge in [0.25, 0.3) is 5.82 Å². The van der Waals surface area contributed by atoms with Crippen LogP contribution in [0.15, 0.2) is 134 Å². The molecule has 0 fully saturated rings. The number of aromatic nitrogens is 4. The monoisotopic (exact) mass is 642 g/mol. The quantitative estimate of drug-likeness (QED) is 0.120. The number of benzene rings is 5. The van der Waals surface area contributed by atoms with Crippen LogP contribution in [-0.2, 0) is 5.66 Å². The number of hydrogen-bond donors (Lipinski definition) is 0. The molecule has 224 valence electrons. The van der Waals surface area contributed by atoms with Crippen LogP contribution in [0.3, 0.4) is 0 Å². The minimum atomic E-state index is -0.707. The Balaban J connectivity index is 1.31. The first-order valence-corrected chi connectivity index (χ1v) is 17.6. The van der Waals surface area contributed by atoms with Crippen LogP contribution in [0.5, 0.6) is 11.6 Å². The van der Waals surface area contributed by atoms with E-state index < -0.39 is 5.66 Å². The highest BCUT2D eigenvalue weighted by molar-refractivity contribution is 7.25. The number of pyridine rings is 3. The van der Waals surface area contributed by atoms with E-state index in [9.17, 15) is 0 Å². The number of nitrogens with zero attached hydrogens (tertiary/aromatic N) is 4. The fraction of sp³-hybridized carbons (Fsp3) is 0.0233. The second-order valence-electron chi connectivity index (χ2n) is 13.7. The van der Waals surface area contributed by atoms with Crippen LogP contribution in [-0.4, -0.2) is 8.97 Å². The highest BCUT2D eigenvalue weighted by Crippen LogP contribution is 2.56. The summed E-state index contributed by atoms with van der Waals surface area (Å²) in [6.07, 6.45) is 2.28. The van der Waals surface area contributed by atoms with Crippen molar-refractivity contribution in [2.45, 2.75) is 5.66 Å². The number of fused-ring (bicyclic) bond motifs is 14. The lowest BCUT2D eigenvalue weighted by molar-refractivity contribution is -0.958. The molecule has 1 atom stereocenters. The van der Waals surface area contributed by atoms with Crippen LogP contribution >= 0.6 is 11.3 Å². The molecular weight excluding hydrogens is 621 g/mol. The van der Waals surface area contributed by atoms with Gasteiger partial charge in [-0.1, -0.05) is 54.6 Å². The van der Waals surface area contributed by atoms with E-state index in [0.29, 0.717) is 0 Å². The molecule has 49 heavy (non-hydrogen) atoms. The summed E-state index contributed by atoms with van der Waals surface area (Å²) in [6, 6.07) is 47.1. The predicted molar refractivity (Wildman–Crippen MR) is 196 cm³/mol. The largest absolute Gasteiger partial charge is 0.404 e. The molecule has 0 aliphatic carbocycles. The normalized spacial score (nSPS) is 16.8. The molecule has 1 unspecified atom stereocenters. The van der Waals surface area contributed by atoms with Crippen LogP contribution < -0.4 is 13.9 Å². The zero-order chi connectivity index (χ0) is 31.3. The molecule has 0 saturated carbocycles. The van der Waals surface area contributed by atoms with Crippen molar-refractivity contribution in [3.8, 4) is 17.4 Å². The van der Waals surface area contributed by atoms with Gasteiger partial charge in [-0.2, -0.15) is 9.13 Å². The maximum Gasteiger partial charge on any atom is 0.378 e. The van der Waals surface area contributed by atoms with Crippen molar-refractivity contribution in [2.75, 3.05) is 0 Å². The lowest BCUT2D eigenvalue weighted by atomic mass is 9.86. The van der Waals surface area contributed by atoms with Gasteiger partial charge in [0.05, 0.1) is 28.7 Å². The van der Waals surface area contributed by atoms with E-state index in [1.165, 1.54) is 91.3 Å². The van der Waals surface area contributed by atoms with E-state index in [0.717, 1.165) is 17.4 Å². The average molecular weight is 643 g/mol. The molecule has 6 aromatic heterocycles. The van der Waals surface area contributed by atoms with Crippen LogP contribution in [0.4, 0.5) is 0 Å². The van der Waals surface area contributed by atoms with Gasteiger partial charge in [-0.05, 0) is 60.7 Å². The van der Waals surface area contributed by atoms with E-state index in [4.69, 9.17) is 4.74 Å². The summed E-state index contributed by atoms with van der Waals surface area (Å²) in [5, 5.41) is 8.89. The molecule has 9 heterocycles. The van der Waals surface area contributed by atoms with Crippen LogP contribution in [0.25, 0.3) is 86.0 Å². The molecule has 3 aliphatic rings. The molecule has 1 spiro atoms. The Hall–Kier alpha value is -6.24. The van der Waals surface area contributed by atoms with Gasteiger partial charge >= 0.3 is 11.5 Å². The Labute approximate surface area is 281 Å². The molecule has 0 bridgehead atoms. The summed E-state index contributed by atoms with van der Waals surface area (Å²) in [5.41, 5.74) is 9.16. The fourth-order valence-electron chi connectivity index (χ4n) is 10.0. The third kappa shape index (κ3) is 2.35. The average Bonchev–Trinajstić information content (AvgIpc) is 3.88. The Kier molecular flexibility index (Phi) is 3.70. The maximum atomic E-state index is 7.01. The maximum absolute atomic E-state index is 7.01. The van der Waals surface area contributed by atoms with Crippen LogP contribution in [0, 0.1) is 0 Å². The molecular formula is C43H22N4OS+2. The van der Waals surface area contributed by atoms with E-state index in [2.05, 4.69) is 152 Å². The van der Waals surface area contributed by atoms with E-state index in [1.54, 1.807) is 0 Å². The van der Waals surface area contributed by atoms with Crippen molar-refractivity contribution in [3.63, 3.8) is 0 Å². The van der Waals surface area contributed by atoms with Crippen molar-refractivity contribution in [2.24, 2.45) is 0 Å². The first-order valence-electron chi connectivity index (χ1n) is 16.8. The summed E-state index contributed by atoms with van der Waals surface area (Å²) in [5.74, 6) is 2.91. The third-order valence-corrected chi connectivity index (χ3v) is 12.8. The molecule has 0 amide bonds. The highest BCUT2D eigenvalue weighted by atomic mass is 32.1. The molecule has 5 nitrogen and oxygen atoms in total. The Morgan fingerprint density at radius 3 is 2.29 bits per heavy atom. The molecule has 0 radical (unpaired) electrons. The summed E-state index contributed by atoms with van der Waals surface area (Å²) < 4.78 is 19.7. The summed E-state index contributed by atoms with van der Waals surface area (Å²) in [4.78, 5) is 0. The standard InChI is InChI=1S/C43H22N4OS/c1-4-12-30-23(9-1)25-16-18-33-39-40(25)46(30)36-15-7-8-20-44(36)43(39)38-27-11-2-5-13-31(27)45-32-22-35-29(24-10-3-6-14-34(24)49-35)21-28(32)26-17-19-37(48-33)47(43)41(26)42(38)45/h1-22H/q+2. The molecule has 5 aromatic carbocycles. The minimum Gasteiger partial charge on any atom is -0.404 e. The first-order chi connectivity index (χ1) is 24.3. The SMILES string of the molecule is c1cc[n+]2c(c1)-n1c3ccccc3c3ccc4c(c31)C21c2c3ccccc3n3c5cc6sc7ccccc7c6cc5c5ccc([n+]1c5c23)O4. The molecule has 3 aliphatic heterocycles. The number of ether oxygens (including phenoxy) is 1. The van der Waals surface area contributed by atoms with Crippen molar-refractivity contribution in [3.05, 3.63) is 145 Å². The van der Waals surface area contributed by atoms with Crippen molar-refractivity contribution in [1.82, 2.24) is 8.97 Å². The zero-order valence-corrected chi connectivity index (χ0v) is 26.6.